The normalized spacial score (nSPS) is 15.6. The Morgan fingerprint density at radius 2 is 1.64 bits per heavy atom. The van der Waals surface area contributed by atoms with Crippen molar-refractivity contribution in [2.75, 3.05) is 39.5 Å². The average molecular weight is 655 g/mol. The van der Waals surface area contributed by atoms with E-state index in [2.05, 4.69) is 20.8 Å². The predicted molar refractivity (Wildman–Crippen MR) is 153 cm³/mol. The van der Waals surface area contributed by atoms with Crippen LogP contribution < -0.4 is 9.47 Å². The topological polar surface area (TPSA) is 79.4 Å². The minimum Gasteiger partial charge on any atom is -0.454 e. The highest BCUT2D eigenvalue weighted by Gasteiger charge is 2.30. The molecule has 1 saturated heterocycles. The molecule has 3 aromatic carbocycles. The summed E-state index contributed by atoms with van der Waals surface area (Å²) in [5.41, 5.74) is 1.66. The van der Waals surface area contributed by atoms with E-state index in [1.807, 2.05) is 18.2 Å². The van der Waals surface area contributed by atoms with Crippen LogP contribution in [0.15, 0.2) is 70.0 Å². The molecular weight excluding hydrogens is 629 g/mol. The van der Waals surface area contributed by atoms with Crippen LogP contribution >= 0.6 is 39.1 Å². The monoisotopic (exact) mass is 653 g/mol. The Bertz CT molecular complexity index is 1460. The highest BCUT2D eigenvalue weighted by molar-refractivity contribution is 9.10. The summed E-state index contributed by atoms with van der Waals surface area (Å²) in [4.78, 5) is 17.4. The van der Waals surface area contributed by atoms with Gasteiger partial charge in [0.05, 0.1) is 11.4 Å². The molecule has 0 aromatic heterocycles. The number of hydrogen-bond donors (Lipinski definition) is 0. The van der Waals surface area contributed by atoms with E-state index in [1.165, 1.54) is 16.4 Å². The van der Waals surface area contributed by atoms with Crippen LogP contribution in [0.1, 0.15) is 11.1 Å². The Balaban J connectivity index is 1.27. The van der Waals surface area contributed by atoms with E-state index >= 15 is 0 Å². The fourth-order valence-electron chi connectivity index (χ4n) is 4.53. The number of carbonyl (C=O) groups is 1. The van der Waals surface area contributed by atoms with Crippen molar-refractivity contribution in [3.63, 3.8) is 0 Å². The van der Waals surface area contributed by atoms with E-state index in [1.54, 1.807) is 35.2 Å². The van der Waals surface area contributed by atoms with Gasteiger partial charge >= 0.3 is 0 Å². The highest BCUT2D eigenvalue weighted by atomic mass is 79.9. The van der Waals surface area contributed by atoms with Gasteiger partial charge in [-0.05, 0) is 59.7 Å². The first-order chi connectivity index (χ1) is 18.7. The lowest BCUT2D eigenvalue weighted by Gasteiger charge is -2.35. The zero-order valence-electron chi connectivity index (χ0n) is 20.9. The molecule has 0 aliphatic carbocycles. The third-order valence-corrected chi connectivity index (χ3v) is 9.61. The van der Waals surface area contributed by atoms with Crippen molar-refractivity contribution in [1.29, 1.82) is 0 Å². The van der Waals surface area contributed by atoms with E-state index in [9.17, 15) is 13.2 Å². The third kappa shape index (κ3) is 6.70. The number of carbonyl (C=O) groups excluding carboxylic acids is 1. The first kappa shape index (κ1) is 28.2. The van der Waals surface area contributed by atoms with Crippen molar-refractivity contribution in [2.24, 2.45) is 0 Å². The second kappa shape index (κ2) is 12.0. The van der Waals surface area contributed by atoms with Crippen LogP contribution in [0.3, 0.4) is 0 Å². The molecule has 2 aliphatic rings. The molecule has 12 heteroatoms. The van der Waals surface area contributed by atoms with Crippen LogP contribution in [0.5, 0.6) is 11.5 Å². The van der Waals surface area contributed by atoms with Gasteiger partial charge in [0.25, 0.3) is 0 Å². The van der Waals surface area contributed by atoms with Crippen LogP contribution in [-0.2, 0) is 27.9 Å². The zero-order chi connectivity index (χ0) is 27.6. The van der Waals surface area contributed by atoms with Gasteiger partial charge in [-0.1, -0.05) is 51.3 Å². The van der Waals surface area contributed by atoms with E-state index < -0.39 is 10.0 Å². The Labute approximate surface area is 246 Å². The molecule has 39 heavy (non-hydrogen) atoms. The molecule has 0 saturated carbocycles. The SMILES string of the molecule is O=C(CN(Cc1ccc(Cl)cc1Cl)S(=O)(=O)c1ccc(Br)cc1)N1CCN(Cc2ccc3c(c2)OCO3)CC1. The number of sulfonamides is 1. The van der Waals surface area contributed by atoms with Crippen LogP contribution in [0.2, 0.25) is 10.0 Å². The van der Waals surface area contributed by atoms with Crippen molar-refractivity contribution < 1.29 is 22.7 Å². The molecule has 0 radical (unpaired) electrons. The van der Waals surface area contributed by atoms with Crippen LogP contribution in [-0.4, -0.2) is 67.9 Å². The number of amides is 1. The Morgan fingerprint density at radius 3 is 2.36 bits per heavy atom. The molecule has 206 valence electrons. The summed E-state index contributed by atoms with van der Waals surface area (Å²) in [6, 6.07) is 17.1. The number of nitrogens with zero attached hydrogens (tertiary/aromatic N) is 3. The van der Waals surface area contributed by atoms with Crippen LogP contribution in [0.4, 0.5) is 0 Å². The Morgan fingerprint density at radius 1 is 0.923 bits per heavy atom. The molecule has 3 aromatic rings. The lowest BCUT2D eigenvalue weighted by atomic mass is 10.1. The van der Waals surface area contributed by atoms with Gasteiger partial charge in [-0.2, -0.15) is 4.31 Å². The molecule has 0 unspecified atom stereocenters. The summed E-state index contributed by atoms with van der Waals surface area (Å²) in [5.74, 6) is 1.23. The molecule has 0 N–H and O–H groups in total. The Hall–Kier alpha value is -2.34. The van der Waals surface area contributed by atoms with Gasteiger partial charge < -0.3 is 14.4 Å². The maximum Gasteiger partial charge on any atom is 0.243 e. The summed E-state index contributed by atoms with van der Waals surface area (Å²) in [5, 5.41) is 0.781. The van der Waals surface area contributed by atoms with Crippen molar-refractivity contribution in [1.82, 2.24) is 14.1 Å². The van der Waals surface area contributed by atoms with Gasteiger partial charge in [0.1, 0.15) is 0 Å². The number of rotatable bonds is 8. The summed E-state index contributed by atoms with van der Waals surface area (Å²) < 4.78 is 40.0. The summed E-state index contributed by atoms with van der Waals surface area (Å²) in [6.07, 6.45) is 0. The maximum atomic E-state index is 13.6. The van der Waals surface area contributed by atoms with E-state index in [0.29, 0.717) is 41.8 Å². The standard InChI is InChI=1S/C27H26BrCl2N3O5S/c28-21-3-6-23(7-4-21)39(35,36)33(16-20-2-5-22(29)14-24(20)30)17-27(34)32-11-9-31(10-12-32)15-19-1-8-25-26(13-19)38-18-37-25/h1-8,13-14H,9-12,15-18H2. The number of hydrogen-bond acceptors (Lipinski definition) is 6. The van der Waals surface area contributed by atoms with E-state index in [4.69, 9.17) is 32.7 Å². The van der Waals surface area contributed by atoms with Crippen LogP contribution in [0.25, 0.3) is 0 Å². The van der Waals surface area contributed by atoms with Gasteiger partial charge in [0, 0.05) is 53.8 Å². The zero-order valence-corrected chi connectivity index (χ0v) is 24.8. The molecule has 1 amide bonds. The molecule has 8 nitrogen and oxygen atoms in total. The Kier molecular flexibility index (Phi) is 8.70. The quantitative estimate of drug-likeness (QED) is 0.340. The maximum absolute atomic E-state index is 13.6. The molecule has 0 spiro atoms. The van der Waals surface area contributed by atoms with Crippen molar-refractivity contribution in [3.05, 3.63) is 86.3 Å². The fraction of sp³-hybridized carbons (Fsp3) is 0.296. The molecule has 0 bridgehead atoms. The number of fused-ring (bicyclic) bond motifs is 1. The lowest BCUT2D eigenvalue weighted by molar-refractivity contribution is -0.133. The van der Waals surface area contributed by atoms with Gasteiger partial charge in [0.2, 0.25) is 22.7 Å². The van der Waals surface area contributed by atoms with Crippen molar-refractivity contribution >= 4 is 55.1 Å². The fourth-order valence-corrected chi connectivity index (χ4v) is 6.63. The number of piperazine rings is 1. The van der Waals surface area contributed by atoms with E-state index in [-0.39, 0.29) is 30.7 Å². The second-order valence-electron chi connectivity index (χ2n) is 9.31. The highest BCUT2D eigenvalue weighted by Crippen LogP contribution is 2.33. The summed E-state index contributed by atoms with van der Waals surface area (Å²) in [7, 11) is -3.99. The smallest absolute Gasteiger partial charge is 0.243 e. The number of benzene rings is 3. The lowest BCUT2D eigenvalue weighted by Crippen LogP contribution is -2.51. The molecule has 5 rings (SSSR count). The third-order valence-electron chi connectivity index (χ3n) is 6.69. The number of ether oxygens (including phenoxy) is 2. The molecule has 2 aliphatic heterocycles. The summed E-state index contributed by atoms with van der Waals surface area (Å²) >= 11 is 15.7. The molecule has 0 atom stereocenters. The predicted octanol–water partition coefficient (Wildman–Crippen LogP) is 5.02. The van der Waals surface area contributed by atoms with Gasteiger partial charge in [0.15, 0.2) is 11.5 Å². The van der Waals surface area contributed by atoms with Crippen molar-refractivity contribution in [2.45, 2.75) is 18.0 Å². The summed E-state index contributed by atoms with van der Waals surface area (Å²) in [6.45, 7) is 2.92. The molecule has 1 fully saturated rings. The minimum absolute atomic E-state index is 0.0653. The minimum atomic E-state index is -3.99. The van der Waals surface area contributed by atoms with E-state index in [0.717, 1.165) is 28.1 Å². The number of halogens is 3. The second-order valence-corrected chi connectivity index (χ2v) is 13.0. The largest absolute Gasteiger partial charge is 0.454 e. The van der Waals surface area contributed by atoms with Gasteiger partial charge in [-0.25, -0.2) is 8.42 Å². The first-order valence-corrected chi connectivity index (χ1v) is 15.3. The van der Waals surface area contributed by atoms with Gasteiger partial charge in [-0.15, -0.1) is 0 Å². The molecular formula is C27H26BrCl2N3O5S. The average Bonchev–Trinajstić information content (AvgIpc) is 3.38. The molecule has 2 heterocycles. The van der Waals surface area contributed by atoms with Crippen LogP contribution in [0, 0.1) is 0 Å². The van der Waals surface area contributed by atoms with Gasteiger partial charge in [-0.3, -0.25) is 9.69 Å². The van der Waals surface area contributed by atoms with Crippen molar-refractivity contribution in [3.8, 4) is 11.5 Å². The first-order valence-electron chi connectivity index (χ1n) is 12.3.